The summed E-state index contributed by atoms with van der Waals surface area (Å²) in [7, 11) is 1.80. The molecule has 0 aliphatic rings. The lowest BCUT2D eigenvalue weighted by Gasteiger charge is -2.09. The first-order valence-corrected chi connectivity index (χ1v) is 5.92. The largest absolute Gasteiger partial charge is 0.484 e. The maximum atomic E-state index is 10.9. The molecule has 7 heteroatoms. The van der Waals surface area contributed by atoms with E-state index >= 15 is 0 Å². The number of rotatable bonds is 9. The Morgan fingerprint density at radius 2 is 2.16 bits per heavy atom. The fraction of sp³-hybridized carbons (Fsp3) is 0.500. The zero-order valence-electron chi connectivity index (χ0n) is 10.8. The summed E-state index contributed by atoms with van der Waals surface area (Å²) in [6, 6.07) is 4.75. The van der Waals surface area contributed by atoms with Gasteiger partial charge in [0, 0.05) is 12.6 Å². The molecule has 7 nitrogen and oxygen atoms in total. The predicted molar refractivity (Wildman–Crippen MR) is 69.3 cm³/mol. The van der Waals surface area contributed by atoms with Crippen LogP contribution in [0.4, 0.5) is 5.69 Å². The van der Waals surface area contributed by atoms with Gasteiger partial charge < -0.3 is 19.9 Å². The third-order valence-electron chi connectivity index (χ3n) is 2.32. The molecule has 19 heavy (non-hydrogen) atoms. The van der Waals surface area contributed by atoms with Gasteiger partial charge >= 0.3 is 5.69 Å². The standard InChI is InChI=1S/C12H18N2O5/c1-13-9-10-2-3-11(14(16)17)12(8-10)19-7-6-18-5-4-15/h2-3,8,13,15H,4-7,9H2,1H3. The monoisotopic (exact) mass is 270 g/mol. The molecule has 0 amide bonds. The van der Waals surface area contributed by atoms with E-state index in [9.17, 15) is 10.1 Å². The van der Waals surface area contributed by atoms with Crippen LogP contribution in [-0.2, 0) is 11.3 Å². The van der Waals surface area contributed by atoms with Gasteiger partial charge in [-0.1, -0.05) is 6.07 Å². The molecule has 0 spiro atoms. The fourth-order valence-electron chi connectivity index (χ4n) is 1.52. The van der Waals surface area contributed by atoms with Crippen molar-refractivity contribution in [3.05, 3.63) is 33.9 Å². The predicted octanol–water partition coefficient (Wildman–Crippen LogP) is 0.702. The molecular weight excluding hydrogens is 252 g/mol. The van der Waals surface area contributed by atoms with Crippen molar-refractivity contribution in [3.8, 4) is 5.75 Å². The van der Waals surface area contributed by atoms with Gasteiger partial charge in [-0.25, -0.2) is 0 Å². The Hall–Kier alpha value is -1.70. The number of hydrogen-bond donors (Lipinski definition) is 2. The van der Waals surface area contributed by atoms with E-state index in [1.54, 1.807) is 19.2 Å². The first-order valence-electron chi connectivity index (χ1n) is 5.92. The lowest BCUT2D eigenvalue weighted by molar-refractivity contribution is -0.385. The van der Waals surface area contributed by atoms with Gasteiger partial charge in [0.1, 0.15) is 6.61 Å². The average molecular weight is 270 g/mol. The van der Waals surface area contributed by atoms with Gasteiger partial charge in [-0.05, 0) is 18.7 Å². The van der Waals surface area contributed by atoms with Crippen LogP contribution in [0.25, 0.3) is 0 Å². The number of nitrogens with one attached hydrogen (secondary N) is 1. The Morgan fingerprint density at radius 3 is 2.79 bits per heavy atom. The highest BCUT2D eigenvalue weighted by atomic mass is 16.6. The van der Waals surface area contributed by atoms with Gasteiger partial charge in [0.05, 0.1) is 24.7 Å². The van der Waals surface area contributed by atoms with Crippen LogP contribution in [-0.4, -0.2) is 43.5 Å². The number of benzene rings is 1. The van der Waals surface area contributed by atoms with Crippen molar-refractivity contribution in [2.24, 2.45) is 0 Å². The number of aliphatic hydroxyl groups excluding tert-OH is 1. The van der Waals surface area contributed by atoms with E-state index in [2.05, 4.69) is 5.32 Å². The summed E-state index contributed by atoms with van der Waals surface area (Å²) in [5.74, 6) is 0.227. The van der Waals surface area contributed by atoms with E-state index in [-0.39, 0.29) is 37.9 Å². The van der Waals surface area contributed by atoms with Crippen molar-refractivity contribution >= 4 is 5.69 Å². The molecule has 1 rings (SSSR count). The van der Waals surface area contributed by atoms with Crippen molar-refractivity contribution in [1.82, 2.24) is 5.32 Å². The lowest BCUT2D eigenvalue weighted by atomic mass is 10.2. The number of nitro groups is 1. The van der Waals surface area contributed by atoms with E-state index < -0.39 is 4.92 Å². The molecule has 106 valence electrons. The molecule has 0 radical (unpaired) electrons. The van der Waals surface area contributed by atoms with Crippen LogP contribution in [0.15, 0.2) is 18.2 Å². The zero-order valence-corrected chi connectivity index (χ0v) is 10.8. The second-order valence-corrected chi connectivity index (χ2v) is 3.77. The molecule has 0 aliphatic heterocycles. The molecule has 0 saturated carbocycles. The second-order valence-electron chi connectivity index (χ2n) is 3.77. The summed E-state index contributed by atoms with van der Waals surface area (Å²) in [5, 5.41) is 22.4. The van der Waals surface area contributed by atoms with Gasteiger partial charge in [0.25, 0.3) is 0 Å². The number of hydrogen-bond acceptors (Lipinski definition) is 6. The van der Waals surface area contributed by atoms with E-state index in [4.69, 9.17) is 14.6 Å². The maximum absolute atomic E-state index is 10.9. The smallest absolute Gasteiger partial charge is 0.310 e. The SMILES string of the molecule is CNCc1ccc([N+](=O)[O-])c(OCCOCCO)c1. The summed E-state index contributed by atoms with van der Waals surface area (Å²) >= 11 is 0. The molecule has 0 saturated heterocycles. The topological polar surface area (TPSA) is 93.9 Å². The minimum atomic E-state index is -0.479. The van der Waals surface area contributed by atoms with Gasteiger partial charge in [0.2, 0.25) is 0 Å². The molecule has 0 aromatic heterocycles. The minimum Gasteiger partial charge on any atom is -0.484 e. The molecule has 2 N–H and O–H groups in total. The van der Waals surface area contributed by atoms with E-state index in [0.717, 1.165) is 5.56 Å². The molecule has 1 aromatic rings. The highest BCUT2D eigenvalue weighted by molar-refractivity contribution is 5.48. The molecule has 0 heterocycles. The van der Waals surface area contributed by atoms with Crippen LogP contribution in [0, 0.1) is 10.1 Å². The number of nitro benzene ring substituents is 1. The van der Waals surface area contributed by atoms with Crippen molar-refractivity contribution in [1.29, 1.82) is 0 Å². The van der Waals surface area contributed by atoms with Crippen molar-refractivity contribution in [3.63, 3.8) is 0 Å². The highest BCUT2D eigenvalue weighted by Gasteiger charge is 2.15. The summed E-state index contributed by atoms with van der Waals surface area (Å²) < 4.78 is 10.4. The highest BCUT2D eigenvalue weighted by Crippen LogP contribution is 2.27. The minimum absolute atomic E-state index is 0.0577. The van der Waals surface area contributed by atoms with Crippen molar-refractivity contribution in [2.75, 3.05) is 33.5 Å². The van der Waals surface area contributed by atoms with Gasteiger partial charge in [0.15, 0.2) is 5.75 Å². The van der Waals surface area contributed by atoms with Gasteiger partial charge in [-0.15, -0.1) is 0 Å². The molecule has 0 fully saturated rings. The van der Waals surface area contributed by atoms with Crippen LogP contribution in [0.2, 0.25) is 0 Å². The molecule has 0 unspecified atom stereocenters. The number of aliphatic hydroxyl groups is 1. The third kappa shape index (κ3) is 5.21. The average Bonchev–Trinajstić information content (AvgIpc) is 2.39. The Kier molecular flexibility index (Phi) is 6.80. The molecule has 0 bridgehead atoms. The second kappa shape index (κ2) is 8.41. The van der Waals surface area contributed by atoms with Crippen LogP contribution >= 0.6 is 0 Å². The van der Waals surface area contributed by atoms with E-state index in [1.165, 1.54) is 6.07 Å². The van der Waals surface area contributed by atoms with Crippen LogP contribution in [0.5, 0.6) is 5.75 Å². The summed E-state index contributed by atoms with van der Waals surface area (Å²) in [4.78, 5) is 10.4. The molecule has 0 atom stereocenters. The summed E-state index contributed by atoms with van der Waals surface area (Å²) in [6.07, 6.45) is 0. The fourth-order valence-corrected chi connectivity index (χ4v) is 1.52. The Morgan fingerprint density at radius 1 is 1.37 bits per heavy atom. The Labute approximate surface area is 111 Å². The quantitative estimate of drug-likeness (QED) is 0.390. The Bertz CT molecular complexity index is 411. The van der Waals surface area contributed by atoms with Gasteiger partial charge in [-0.2, -0.15) is 0 Å². The van der Waals surface area contributed by atoms with Crippen molar-refractivity contribution in [2.45, 2.75) is 6.54 Å². The summed E-state index contributed by atoms with van der Waals surface area (Å²) in [6.45, 7) is 1.25. The lowest BCUT2D eigenvalue weighted by Crippen LogP contribution is -2.11. The maximum Gasteiger partial charge on any atom is 0.310 e. The molecular formula is C12H18N2O5. The zero-order chi connectivity index (χ0) is 14.1. The number of nitrogens with zero attached hydrogens (tertiary/aromatic N) is 1. The third-order valence-corrected chi connectivity index (χ3v) is 2.32. The molecule has 0 aliphatic carbocycles. The van der Waals surface area contributed by atoms with Gasteiger partial charge in [-0.3, -0.25) is 10.1 Å². The van der Waals surface area contributed by atoms with Crippen LogP contribution in [0.3, 0.4) is 0 Å². The Balaban J connectivity index is 2.66. The van der Waals surface area contributed by atoms with E-state index in [0.29, 0.717) is 6.54 Å². The van der Waals surface area contributed by atoms with Crippen LogP contribution < -0.4 is 10.1 Å². The normalized spacial score (nSPS) is 10.4. The van der Waals surface area contributed by atoms with Crippen molar-refractivity contribution < 1.29 is 19.5 Å². The number of ether oxygens (including phenoxy) is 2. The summed E-state index contributed by atoms with van der Waals surface area (Å²) in [5.41, 5.74) is 0.835. The molecule has 1 aromatic carbocycles. The first kappa shape index (κ1) is 15.4. The first-order chi connectivity index (χ1) is 9.19. The van der Waals surface area contributed by atoms with Crippen LogP contribution in [0.1, 0.15) is 5.56 Å². The van der Waals surface area contributed by atoms with E-state index in [1.807, 2.05) is 0 Å².